The van der Waals surface area contributed by atoms with Gasteiger partial charge in [0.2, 0.25) is 5.91 Å². The molecule has 33 heavy (non-hydrogen) atoms. The maximum Gasteiger partial charge on any atom is 0.255 e. The molecule has 0 saturated carbocycles. The Morgan fingerprint density at radius 2 is 1.94 bits per heavy atom. The van der Waals surface area contributed by atoms with Crippen molar-refractivity contribution in [3.05, 3.63) is 70.0 Å². The first-order chi connectivity index (χ1) is 15.9. The van der Waals surface area contributed by atoms with Gasteiger partial charge in [0.25, 0.3) is 5.91 Å². The molecule has 0 radical (unpaired) electrons. The first kappa shape index (κ1) is 23.3. The summed E-state index contributed by atoms with van der Waals surface area (Å²) < 4.78 is 1.87. The van der Waals surface area contributed by atoms with Crippen LogP contribution in [0.4, 0.5) is 5.69 Å². The average Bonchev–Trinajstić information content (AvgIpc) is 3.42. The number of thioether (sulfide) groups is 1. The van der Waals surface area contributed by atoms with Crippen LogP contribution in [-0.4, -0.2) is 43.8 Å². The van der Waals surface area contributed by atoms with Crippen LogP contribution in [0.25, 0.3) is 0 Å². The van der Waals surface area contributed by atoms with Crippen molar-refractivity contribution in [2.45, 2.75) is 37.9 Å². The first-order valence-corrected chi connectivity index (χ1v) is 12.2. The molecular weight excluding hydrogens is 458 g/mol. The molecular formula is C24H26ClN5O2S. The lowest BCUT2D eigenvalue weighted by atomic mass is 10.1. The molecule has 172 valence electrons. The van der Waals surface area contributed by atoms with E-state index in [0.717, 1.165) is 29.7 Å². The van der Waals surface area contributed by atoms with Crippen LogP contribution in [0.2, 0.25) is 5.02 Å². The zero-order valence-corrected chi connectivity index (χ0v) is 20.4. The van der Waals surface area contributed by atoms with E-state index in [2.05, 4.69) is 15.5 Å². The van der Waals surface area contributed by atoms with Gasteiger partial charge in [-0.2, -0.15) is 0 Å². The highest BCUT2D eigenvalue weighted by Gasteiger charge is 2.34. The van der Waals surface area contributed by atoms with Crippen LogP contribution in [0, 0.1) is 13.8 Å². The molecule has 1 aliphatic heterocycles. The molecule has 1 saturated heterocycles. The second-order valence-corrected chi connectivity index (χ2v) is 9.47. The van der Waals surface area contributed by atoms with Crippen LogP contribution in [0.5, 0.6) is 0 Å². The summed E-state index contributed by atoms with van der Waals surface area (Å²) >= 11 is 7.58. The third-order valence-electron chi connectivity index (χ3n) is 6.00. The van der Waals surface area contributed by atoms with E-state index in [9.17, 15) is 9.59 Å². The van der Waals surface area contributed by atoms with Crippen LogP contribution in [-0.2, 0) is 11.8 Å². The van der Waals surface area contributed by atoms with Gasteiger partial charge >= 0.3 is 0 Å². The Bertz CT molecular complexity index is 1200. The number of carbonyl (C=O) groups excluding carboxylic acids is 2. The van der Waals surface area contributed by atoms with Gasteiger partial charge in [0.15, 0.2) is 11.0 Å². The van der Waals surface area contributed by atoms with Crippen molar-refractivity contribution < 1.29 is 9.59 Å². The summed E-state index contributed by atoms with van der Waals surface area (Å²) in [5.41, 5.74) is 3.50. The Morgan fingerprint density at radius 3 is 2.73 bits per heavy atom. The molecule has 1 aromatic heterocycles. The van der Waals surface area contributed by atoms with Gasteiger partial charge in [-0.25, -0.2) is 0 Å². The van der Waals surface area contributed by atoms with Crippen molar-refractivity contribution in [1.82, 2.24) is 19.7 Å². The van der Waals surface area contributed by atoms with Crippen LogP contribution in [0.15, 0.2) is 47.6 Å². The first-order valence-electron chi connectivity index (χ1n) is 10.8. The standard InChI is InChI=1S/C24H26ClN5O2S/c1-15-8-6-11-19(16(15)2)26-21(31)14-33-24-28-27-22(29(24)3)20-12-7-13-30(20)23(32)17-9-4-5-10-18(17)25/h4-6,8-11,20H,7,12-14H2,1-3H3,(H,26,31). The molecule has 0 aliphatic carbocycles. The molecule has 1 aliphatic rings. The number of aryl methyl sites for hydroxylation is 1. The summed E-state index contributed by atoms with van der Waals surface area (Å²) in [7, 11) is 1.87. The van der Waals surface area contributed by atoms with Crippen LogP contribution in [0.1, 0.15) is 46.2 Å². The molecule has 0 bridgehead atoms. The smallest absolute Gasteiger partial charge is 0.255 e. The topological polar surface area (TPSA) is 80.1 Å². The maximum atomic E-state index is 13.1. The molecule has 9 heteroatoms. The fraction of sp³-hybridized carbons (Fsp3) is 0.333. The lowest BCUT2D eigenvalue weighted by Gasteiger charge is -2.24. The highest BCUT2D eigenvalue weighted by Crippen LogP contribution is 2.34. The van der Waals surface area contributed by atoms with Gasteiger partial charge in [0.05, 0.1) is 22.4 Å². The Hall–Kier alpha value is -2.84. The number of carbonyl (C=O) groups is 2. The number of nitrogens with one attached hydrogen (secondary N) is 1. The van der Waals surface area contributed by atoms with Gasteiger partial charge in [0, 0.05) is 19.3 Å². The SMILES string of the molecule is Cc1cccc(NC(=O)CSc2nnc(C3CCCN3C(=O)c3ccccc3Cl)n2C)c1C. The predicted molar refractivity (Wildman–Crippen MR) is 131 cm³/mol. The van der Waals surface area contributed by atoms with Gasteiger partial charge < -0.3 is 14.8 Å². The minimum atomic E-state index is -0.176. The number of hydrogen-bond donors (Lipinski definition) is 1. The van der Waals surface area contributed by atoms with Crippen LogP contribution in [0.3, 0.4) is 0 Å². The highest BCUT2D eigenvalue weighted by atomic mass is 35.5. The number of hydrogen-bond acceptors (Lipinski definition) is 5. The van der Waals surface area contributed by atoms with Crippen LogP contribution >= 0.6 is 23.4 Å². The van der Waals surface area contributed by atoms with Gasteiger partial charge in [-0.15, -0.1) is 10.2 Å². The summed E-state index contributed by atoms with van der Waals surface area (Å²) in [5.74, 6) is 0.722. The highest BCUT2D eigenvalue weighted by molar-refractivity contribution is 7.99. The summed E-state index contributed by atoms with van der Waals surface area (Å²) in [6, 6.07) is 12.8. The zero-order chi connectivity index (χ0) is 23.5. The molecule has 7 nitrogen and oxygen atoms in total. The van der Waals surface area contributed by atoms with Crippen molar-refractivity contribution in [3.8, 4) is 0 Å². The summed E-state index contributed by atoms with van der Waals surface area (Å²) in [5, 5.41) is 12.7. The third-order valence-corrected chi connectivity index (χ3v) is 7.35. The van der Waals surface area contributed by atoms with Crippen molar-refractivity contribution >= 4 is 40.9 Å². The normalized spacial score (nSPS) is 15.6. The predicted octanol–water partition coefficient (Wildman–Crippen LogP) is 4.79. The Labute approximate surface area is 202 Å². The molecule has 2 heterocycles. The fourth-order valence-electron chi connectivity index (χ4n) is 4.01. The molecule has 3 aromatic rings. The lowest BCUT2D eigenvalue weighted by molar-refractivity contribution is -0.113. The molecule has 4 rings (SSSR count). The monoisotopic (exact) mass is 483 g/mol. The number of amides is 2. The number of nitrogens with zero attached hydrogens (tertiary/aromatic N) is 4. The summed E-state index contributed by atoms with van der Waals surface area (Å²) in [6.45, 7) is 4.65. The van der Waals surface area contributed by atoms with E-state index in [-0.39, 0.29) is 23.6 Å². The van der Waals surface area contributed by atoms with Crippen LogP contribution < -0.4 is 5.32 Å². The quantitative estimate of drug-likeness (QED) is 0.510. The second kappa shape index (κ2) is 9.97. The van der Waals surface area contributed by atoms with E-state index in [0.29, 0.717) is 28.1 Å². The second-order valence-electron chi connectivity index (χ2n) is 8.12. The van der Waals surface area contributed by atoms with Gasteiger partial charge in [-0.05, 0) is 56.0 Å². The largest absolute Gasteiger partial charge is 0.328 e. The number of benzene rings is 2. The number of aromatic nitrogens is 3. The molecule has 1 N–H and O–H groups in total. The minimum Gasteiger partial charge on any atom is -0.328 e. The number of anilines is 1. The molecule has 1 unspecified atom stereocenters. The van der Waals surface area contributed by atoms with Crippen molar-refractivity contribution in [3.63, 3.8) is 0 Å². The maximum absolute atomic E-state index is 13.1. The number of halogens is 1. The molecule has 1 atom stereocenters. The fourth-order valence-corrected chi connectivity index (χ4v) is 4.95. The number of rotatable bonds is 6. The molecule has 2 aromatic carbocycles. The zero-order valence-electron chi connectivity index (χ0n) is 18.8. The average molecular weight is 484 g/mol. The summed E-state index contributed by atoms with van der Waals surface area (Å²) in [4.78, 5) is 27.4. The third kappa shape index (κ3) is 4.91. The van der Waals surface area contributed by atoms with Crippen molar-refractivity contribution in [2.75, 3.05) is 17.6 Å². The van der Waals surface area contributed by atoms with E-state index in [1.807, 2.05) is 60.7 Å². The number of likely N-dealkylation sites (tertiary alicyclic amines) is 1. The molecule has 0 spiro atoms. The van der Waals surface area contributed by atoms with E-state index >= 15 is 0 Å². The Kier molecular flexibility index (Phi) is 7.05. The Morgan fingerprint density at radius 1 is 1.15 bits per heavy atom. The molecule has 2 amide bonds. The summed E-state index contributed by atoms with van der Waals surface area (Å²) in [6.07, 6.45) is 1.69. The lowest BCUT2D eigenvalue weighted by Crippen LogP contribution is -2.32. The molecule has 1 fully saturated rings. The van der Waals surface area contributed by atoms with Gasteiger partial charge in [-0.1, -0.05) is 47.6 Å². The van der Waals surface area contributed by atoms with Crippen molar-refractivity contribution in [2.24, 2.45) is 7.05 Å². The Balaban J connectivity index is 1.44. The van der Waals surface area contributed by atoms with Crippen molar-refractivity contribution in [1.29, 1.82) is 0 Å². The van der Waals surface area contributed by atoms with Gasteiger partial charge in [0.1, 0.15) is 0 Å². The van der Waals surface area contributed by atoms with E-state index < -0.39 is 0 Å². The minimum absolute atomic E-state index is 0.102. The van der Waals surface area contributed by atoms with E-state index in [4.69, 9.17) is 11.6 Å². The van der Waals surface area contributed by atoms with E-state index in [1.54, 1.807) is 12.1 Å². The van der Waals surface area contributed by atoms with E-state index in [1.165, 1.54) is 11.8 Å². The van der Waals surface area contributed by atoms with Gasteiger partial charge in [-0.3, -0.25) is 9.59 Å².